The molecule has 3 N–H and O–H groups in total. The predicted molar refractivity (Wildman–Crippen MR) is 111 cm³/mol. The molecule has 146 valence electrons. The zero-order chi connectivity index (χ0) is 19.3. The second-order valence-corrected chi connectivity index (χ2v) is 8.21. The van der Waals surface area contributed by atoms with Crippen LogP contribution in [0.2, 0.25) is 0 Å². The fourth-order valence-electron chi connectivity index (χ4n) is 4.71. The molecule has 8 nitrogen and oxygen atoms in total. The number of fused-ring (bicyclic) bond motifs is 1. The van der Waals surface area contributed by atoms with Crippen LogP contribution in [0.15, 0.2) is 42.9 Å². The van der Waals surface area contributed by atoms with E-state index in [9.17, 15) is 0 Å². The minimum Gasteiger partial charge on any atom is -0.354 e. The molecule has 2 aliphatic heterocycles. The van der Waals surface area contributed by atoms with E-state index in [2.05, 4.69) is 65.1 Å². The summed E-state index contributed by atoms with van der Waals surface area (Å²) in [7, 11) is 0. The second kappa shape index (κ2) is 6.38. The highest BCUT2D eigenvalue weighted by molar-refractivity contribution is 6.01. The van der Waals surface area contributed by atoms with Gasteiger partial charge in [0.05, 0.1) is 23.6 Å². The van der Waals surface area contributed by atoms with E-state index in [1.807, 2.05) is 18.6 Å². The average Bonchev–Trinajstić information content (AvgIpc) is 3.44. The molecule has 0 saturated carbocycles. The predicted octanol–water partition coefficient (Wildman–Crippen LogP) is 2.60. The summed E-state index contributed by atoms with van der Waals surface area (Å²) in [6.07, 6.45) is 8.08. The van der Waals surface area contributed by atoms with Crippen molar-refractivity contribution in [3.8, 4) is 22.4 Å². The molecule has 1 spiro atoms. The zero-order valence-corrected chi connectivity index (χ0v) is 16.0. The number of hydrogen-bond donors (Lipinski definition) is 3. The highest BCUT2D eigenvalue weighted by Crippen LogP contribution is 2.36. The van der Waals surface area contributed by atoms with Crippen LogP contribution < -0.4 is 10.2 Å². The molecule has 6 rings (SSSR count). The van der Waals surface area contributed by atoms with Crippen molar-refractivity contribution in [2.45, 2.75) is 12.8 Å². The van der Waals surface area contributed by atoms with E-state index >= 15 is 0 Å². The molecule has 1 aromatic carbocycles. The third kappa shape index (κ3) is 2.71. The number of H-pyrrole nitrogens is 2. The first-order valence-corrected chi connectivity index (χ1v) is 10.1. The molecule has 29 heavy (non-hydrogen) atoms. The van der Waals surface area contributed by atoms with Gasteiger partial charge >= 0.3 is 0 Å². The van der Waals surface area contributed by atoms with Crippen molar-refractivity contribution in [1.82, 2.24) is 35.9 Å². The summed E-state index contributed by atoms with van der Waals surface area (Å²) in [6, 6.07) is 8.32. The number of aromatic nitrogens is 6. The van der Waals surface area contributed by atoms with E-state index < -0.39 is 0 Å². The van der Waals surface area contributed by atoms with Crippen molar-refractivity contribution in [2.75, 3.05) is 31.1 Å². The van der Waals surface area contributed by atoms with E-state index in [0.29, 0.717) is 5.41 Å². The van der Waals surface area contributed by atoms with E-state index in [1.165, 1.54) is 12.8 Å². The van der Waals surface area contributed by atoms with Gasteiger partial charge in [0.1, 0.15) is 0 Å². The normalized spacial score (nSPS) is 18.3. The molecule has 2 fully saturated rings. The molecule has 2 aliphatic rings. The van der Waals surface area contributed by atoms with Gasteiger partial charge in [0.25, 0.3) is 0 Å². The lowest BCUT2D eigenvalue weighted by Crippen LogP contribution is -2.61. The second-order valence-electron chi connectivity index (χ2n) is 8.21. The molecular formula is C21H22N8. The van der Waals surface area contributed by atoms with Crippen molar-refractivity contribution >= 4 is 16.7 Å². The van der Waals surface area contributed by atoms with Crippen LogP contribution in [0.3, 0.4) is 0 Å². The van der Waals surface area contributed by atoms with Gasteiger partial charge in [-0.05, 0) is 36.6 Å². The quantitative estimate of drug-likeness (QED) is 0.501. The minimum atomic E-state index is 0.434. The van der Waals surface area contributed by atoms with E-state index in [4.69, 9.17) is 0 Å². The minimum absolute atomic E-state index is 0.434. The Balaban J connectivity index is 1.33. The number of hydrogen-bond acceptors (Lipinski definition) is 6. The van der Waals surface area contributed by atoms with Gasteiger partial charge in [-0.1, -0.05) is 6.07 Å². The Bertz CT molecular complexity index is 1140. The van der Waals surface area contributed by atoms with Crippen LogP contribution in [-0.4, -0.2) is 56.8 Å². The molecular weight excluding hydrogens is 364 g/mol. The van der Waals surface area contributed by atoms with Crippen LogP contribution in [0.5, 0.6) is 0 Å². The Labute approximate surface area is 167 Å². The summed E-state index contributed by atoms with van der Waals surface area (Å²) in [5.41, 5.74) is 5.37. The monoisotopic (exact) mass is 386 g/mol. The van der Waals surface area contributed by atoms with Crippen LogP contribution in [0.25, 0.3) is 33.3 Å². The van der Waals surface area contributed by atoms with Gasteiger partial charge in [-0.3, -0.25) is 10.2 Å². The largest absolute Gasteiger partial charge is 0.354 e. The Morgan fingerprint density at radius 1 is 0.966 bits per heavy atom. The van der Waals surface area contributed by atoms with Gasteiger partial charge in [0.2, 0.25) is 0 Å². The number of nitrogens with zero attached hydrogens (tertiary/aromatic N) is 5. The standard InChI is InChI=1S/C21H22N8/c1-6-21(11-22-12-21)13-29(7-1)19-5-4-18(26-27-19)16-3-2-15(14-8-23-24-9-14)17-10-25-28-20(16)17/h2-5,8-10,22H,1,6-7,11-13H2,(H,23,24)(H,25,28). The SMILES string of the molecule is c1n[nH]cc1-c1ccc(-c2ccc(N3CCCC4(CNC4)C3)nn2)c2[nH]ncc12. The van der Waals surface area contributed by atoms with Gasteiger partial charge in [-0.2, -0.15) is 10.2 Å². The summed E-state index contributed by atoms with van der Waals surface area (Å²) in [5.74, 6) is 0.968. The first-order chi connectivity index (χ1) is 14.3. The third-order valence-electron chi connectivity index (χ3n) is 6.34. The number of benzene rings is 1. The molecule has 0 bridgehead atoms. The Morgan fingerprint density at radius 3 is 2.66 bits per heavy atom. The average molecular weight is 386 g/mol. The topological polar surface area (TPSA) is 98.4 Å². The highest BCUT2D eigenvalue weighted by atomic mass is 15.3. The van der Waals surface area contributed by atoms with Crippen molar-refractivity contribution in [3.05, 3.63) is 42.9 Å². The summed E-state index contributed by atoms with van der Waals surface area (Å²) in [4.78, 5) is 2.38. The molecule has 4 aromatic rings. The number of anilines is 1. The van der Waals surface area contributed by atoms with Crippen LogP contribution in [0, 0.1) is 5.41 Å². The zero-order valence-electron chi connectivity index (χ0n) is 16.0. The Hall–Kier alpha value is -3.26. The summed E-state index contributed by atoms with van der Waals surface area (Å²) >= 11 is 0. The number of piperidine rings is 1. The summed E-state index contributed by atoms with van der Waals surface area (Å²) in [6.45, 7) is 4.36. The third-order valence-corrected chi connectivity index (χ3v) is 6.34. The summed E-state index contributed by atoms with van der Waals surface area (Å²) < 4.78 is 0. The smallest absolute Gasteiger partial charge is 0.151 e. The first-order valence-electron chi connectivity index (χ1n) is 10.1. The lowest BCUT2D eigenvalue weighted by atomic mass is 9.75. The maximum Gasteiger partial charge on any atom is 0.151 e. The molecule has 2 saturated heterocycles. The lowest BCUT2D eigenvalue weighted by Gasteiger charge is -2.49. The molecule has 0 atom stereocenters. The van der Waals surface area contributed by atoms with E-state index in [1.54, 1.807) is 0 Å². The number of aromatic amines is 2. The van der Waals surface area contributed by atoms with Crippen molar-refractivity contribution in [2.24, 2.45) is 5.41 Å². The molecule has 0 unspecified atom stereocenters. The highest BCUT2D eigenvalue weighted by Gasteiger charge is 2.40. The Kier molecular flexibility index (Phi) is 3.67. The van der Waals surface area contributed by atoms with Gasteiger partial charge in [0, 0.05) is 54.3 Å². The first kappa shape index (κ1) is 16.7. The maximum atomic E-state index is 4.57. The number of nitrogens with one attached hydrogen (secondary N) is 3. The molecule has 0 amide bonds. The molecule has 0 aliphatic carbocycles. The Morgan fingerprint density at radius 2 is 1.90 bits per heavy atom. The van der Waals surface area contributed by atoms with Crippen molar-refractivity contribution in [1.29, 1.82) is 0 Å². The number of rotatable bonds is 3. The summed E-state index contributed by atoms with van der Waals surface area (Å²) in [5, 5.41) is 27.9. The molecule has 5 heterocycles. The van der Waals surface area contributed by atoms with Crippen molar-refractivity contribution in [3.63, 3.8) is 0 Å². The van der Waals surface area contributed by atoms with E-state index in [0.717, 1.165) is 65.3 Å². The molecule has 8 heteroatoms. The molecule has 0 radical (unpaired) electrons. The van der Waals surface area contributed by atoms with Crippen LogP contribution in [-0.2, 0) is 0 Å². The van der Waals surface area contributed by atoms with E-state index in [-0.39, 0.29) is 0 Å². The fraction of sp³-hybridized carbons (Fsp3) is 0.333. The van der Waals surface area contributed by atoms with Gasteiger partial charge < -0.3 is 10.2 Å². The lowest BCUT2D eigenvalue weighted by molar-refractivity contribution is 0.138. The van der Waals surface area contributed by atoms with Crippen LogP contribution in [0.4, 0.5) is 5.82 Å². The maximum absolute atomic E-state index is 4.57. The fourth-order valence-corrected chi connectivity index (χ4v) is 4.71. The van der Waals surface area contributed by atoms with Gasteiger partial charge in [0.15, 0.2) is 5.82 Å². The van der Waals surface area contributed by atoms with Gasteiger partial charge in [-0.25, -0.2) is 0 Å². The van der Waals surface area contributed by atoms with Gasteiger partial charge in [-0.15, -0.1) is 10.2 Å². The van der Waals surface area contributed by atoms with Crippen LogP contribution in [0.1, 0.15) is 12.8 Å². The van der Waals surface area contributed by atoms with Crippen molar-refractivity contribution < 1.29 is 0 Å². The van der Waals surface area contributed by atoms with Crippen LogP contribution >= 0.6 is 0 Å². The molecule has 3 aromatic heterocycles.